The van der Waals surface area contributed by atoms with E-state index in [2.05, 4.69) is 0 Å². The van der Waals surface area contributed by atoms with Crippen molar-refractivity contribution < 1.29 is 31.2 Å². The summed E-state index contributed by atoms with van der Waals surface area (Å²) in [5.74, 6) is -2.99. The van der Waals surface area contributed by atoms with Gasteiger partial charge < -0.3 is 0 Å². The van der Waals surface area contributed by atoms with Crippen LogP contribution in [0.25, 0.3) is 10.8 Å². The van der Waals surface area contributed by atoms with Gasteiger partial charge in [-0.15, -0.1) is 0 Å². The summed E-state index contributed by atoms with van der Waals surface area (Å²) in [4.78, 5) is 23.9. The van der Waals surface area contributed by atoms with Gasteiger partial charge >= 0.3 is 15.5 Å². The van der Waals surface area contributed by atoms with Gasteiger partial charge in [-0.05, 0) is 22.9 Å². The highest BCUT2D eigenvalue weighted by Gasteiger charge is 2.57. The summed E-state index contributed by atoms with van der Waals surface area (Å²) in [6.45, 7) is 0. The van der Waals surface area contributed by atoms with E-state index < -0.39 is 31.7 Å². The molecule has 0 bridgehead atoms. The molecule has 0 atom stereocenters. The van der Waals surface area contributed by atoms with Gasteiger partial charge in [0.25, 0.3) is 11.8 Å². The molecule has 0 aromatic heterocycles. The zero-order chi connectivity index (χ0) is 16.3. The van der Waals surface area contributed by atoms with Gasteiger partial charge in [0.15, 0.2) is 0 Å². The van der Waals surface area contributed by atoms with E-state index in [0.717, 1.165) is 0 Å². The molecule has 1 aliphatic heterocycles. The first-order valence-electron chi connectivity index (χ1n) is 5.87. The molecule has 3 rings (SSSR count). The van der Waals surface area contributed by atoms with Crippen LogP contribution in [0.4, 0.5) is 13.2 Å². The van der Waals surface area contributed by atoms with Crippen molar-refractivity contribution in [2.75, 3.05) is 0 Å². The highest BCUT2D eigenvalue weighted by Crippen LogP contribution is 2.35. The molecule has 1 heterocycles. The Balaban J connectivity index is 2.23. The largest absolute Gasteiger partial charge is 0.517 e. The van der Waals surface area contributed by atoms with Crippen LogP contribution in [-0.2, 0) is 10.0 Å². The lowest BCUT2D eigenvalue weighted by Gasteiger charge is -2.15. The molecule has 0 aliphatic carbocycles. The zero-order valence-corrected chi connectivity index (χ0v) is 11.4. The molecule has 1 aliphatic rings. The standard InChI is InChI=1S/C13H6F3NO4S/c14-13(15,16)22(20,21)17-11(18)9-5-7-3-1-2-4-8(7)6-10(9)12(17)19/h1-6H. The average Bonchev–Trinajstić information content (AvgIpc) is 2.67. The molecule has 0 spiro atoms. The van der Waals surface area contributed by atoms with Crippen LogP contribution >= 0.6 is 0 Å². The maximum absolute atomic E-state index is 12.6. The number of hydrogen-bond donors (Lipinski definition) is 0. The molecule has 0 N–H and O–H groups in total. The summed E-state index contributed by atoms with van der Waals surface area (Å²) < 4.78 is 59.9. The number of benzene rings is 2. The van der Waals surface area contributed by atoms with E-state index in [-0.39, 0.29) is 11.1 Å². The second kappa shape index (κ2) is 4.29. The topological polar surface area (TPSA) is 71.5 Å². The minimum absolute atomic E-state index is 0.364. The Morgan fingerprint density at radius 2 is 1.27 bits per heavy atom. The summed E-state index contributed by atoms with van der Waals surface area (Å²) in [6, 6.07) is 8.87. The number of carbonyl (C=O) groups is 2. The van der Waals surface area contributed by atoms with Crippen LogP contribution in [0.2, 0.25) is 0 Å². The lowest BCUT2D eigenvalue weighted by Crippen LogP contribution is -2.44. The predicted octanol–water partition coefficient (Wildman–Crippen LogP) is 2.29. The zero-order valence-electron chi connectivity index (χ0n) is 10.6. The van der Waals surface area contributed by atoms with Gasteiger partial charge in [-0.3, -0.25) is 9.59 Å². The molecule has 2 aromatic rings. The fourth-order valence-corrected chi connectivity index (χ4v) is 3.07. The Hall–Kier alpha value is -2.42. The second-order valence-electron chi connectivity index (χ2n) is 4.57. The molecule has 0 unspecified atom stereocenters. The first kappa shape index (κ1) is 14.5. The van der Waals surface area contributed by atoms with Gasteiger partial charge in [-0.1, -0.05) is 24.3 Å². The van der Waals surface area contributed by atoms with E-state index in [1.807, 2.05) is 0 Å². The molecule has 2 aromatic carbocycles. The summed E-state index contributed by atoms with van der Waals surface area (Å²) in [5, 5.41) is 1.02. The van der Waals surface area contributed by atoms with Gasteiger partial charge in [0.2, 0.25) is 0 Å². The SMILES string of the molecule is O=C1c2cc3ccccc3cc2C(=O)N1S(=O)(=O)C(F)(F)F. The Morgan fingerprint density at radius 3 is 1.64 bits per heavy atom. The van der Waals surface area contributed by atoms with Gasteiger partial charge in [0, 0.05) is 0 Å². The first-order valence-corrected chi connectivity index (χ1v) is 7.31. The normalized spacial score (nSPS) is 15.5. The maximum atomic E-state index is 12.6. The molecule has 22 heavy (non-hydrogen) atoms. The number of sulfonamides is 1. The van der Waals surface area contributed by atoms with Crippen LogP contribution in [0, 0.1) is 0 Å². The van der Waals surface area contributed by atoms with Crippen LogP contribution in [0.3, 0.4) is 0 Å². The lowest BCUT2D eigenvalue weighted by molar-refractivity contribution is -0.0476. The van der Waals surface area contributed by atoms with Crippen LogP contribution < -0.4 is 0 Å². The molecule has 0 saturated carbocycles. The van der Waals surface area contributed by atoms with Crippen molar-refractivity contribution in [2.24, 2.45) is 0 Å². The summed E-state index contributed by atoms with van der Waals surface area (Å²) in [6.07, 6.45) is 0. The molecule has 0 radical (unpaired) electrons. The maximum Gasteiger partial charge on any atom is 0.517 e. The predicted molar refractivity (Wildman–Crippen MR) is 69.4 cm³/mol. The van der Waals surface area contributed by atoms with Crippen molar-refractivity contribution in [3.8, 4) is 0 Å². The molecule has 0 fully saturated rings. The van der Waals surface area contributed by atoms with Gasteiger partial charge in [-0.2, -0.15) is 25.9 Å². The number of imide groups is 1. The van der Waals surface area contributed by atoms with Crippen molar-refractivity contribution >= 4 is 32.6 Å². The van der Waals surface area contributed by atoms with Crippen LogP contribution in [-0.4, -0.2) is 30.0 Å². The summed E-state index contributed by atoms with van der Waals surface area (Å²) in [5.41, 5.74) is -6.46. The van der Waals surface area contributed by atoms with E-state index in [4.69, 9.17) is 0 Å². The smallest absolute Gasteiger partial charge is 0.267 e. The van der Waals surface area contributed by atoms with E-state index in [0.29, 0.717) is 10.8 Å². The monoisotopic (exact) mass is 329 g/mol. The number of hydrogen-bond acceptors (Lipinski definition) is 4. The molecule has 114 valence electrons. The summed E-state index contributed by atoms with van der Waals surface area (Å²) in [7, 11) is -6.07. The third-order valence-corrected chi connectivity index (χ3v) is 4.65. The Labute approximate surface area is 122 Å². The minimum atomic E-state index is -6.07. The highest BCUT2D eigenvalue weighted by molar-refractivity contribution is 7.91. The molecular formula is C13H6F3NO4S. The fourth-order valence-electron chi connectivity index (χ4n) is 2.23. The van der Waals surface area contributed by atoms with E-state index in [9.17, 15) is 31.2 Å². The summed E-state index contributed by atoms with van der Waals surface area (Å²) >= 11 is 0. The third kappa shape index (κ3) is 1.82. The fraction of sp³-hybridized carbons (Fsp3) is 0.0769. The van der Waals surface area contributed by atoms with Crippen molar-refractivity contribution in [3.05, 3.63) is 47.5 Å². The highest BCUT2D eigenvalue weighted by atomic mass is 32.2. The number of amides is 2. The number of halogens is 3. The second-order valence-corrected chi connectivity index (χ2v) is 6.35. The van der Waals surface area contributed by atoms with Crippen molar-refractivity contribution in [3.63, 3.8) is 0 Å². The van der Waals surface area contributed by atoms with Crippen molar-refractivity contribution in [1.29, 1.82) is 0 Å². The minimum Gasteiger partial charge on any atom is -0.267 e. The number of nitrogens with zero attached hydrogens (tertiary/aromatic N) is 1. The van der Waals surface area contributed by atoms with E-state index in [1.54, 1.807) is 24.3 Å². The van der Waals surface area contributed by atoms with Gasteiger partial charge in [0.1, 0.15) is 0 Å². The Bertz CT molecular complexity index is 879. The molecule has 5 nitrogen and oxygen atoms in total. The van der Waals surface area contributed by atoms with Crippen molar-refractivity contribution in [2.45, 2.75) is 5.51 Å². The van der Waals surface area contributed by atoms with E-state index in [1.165, 1.54) is 12.1 Å². The lowest BCUT2D eigenvalue weighted by atomic mass is 10.0. The number of carbonyl (C=O) groups excluding carboxylic acids is 2. The number of alkyl halides is 3. The molecule has 0 saturated heterocycles. The number of rotatable bonds is 1. The quantitative estimate of drug-likeness (QED) is 0.753. The average molecular weight is 329 g/mol. The van der Waals surface area contributed by atoms with E-state index >= 15 is 0 Å². The van der Waals surface area contributed by atoms with Crippen LogP contribution in [0.5, 0.6) is 0 Å². The Kier molecular flexibility index (Phi) is 2.83. The first-order chi connectivity index (χ1) is 10.1. The van der Waals surface area contributed by atoms with Gasteiger partial charge in [0.05, 0.1) is 11.1 Å². The van der Waals surface area contributed by atoms with Crippen LogP contribution in [0.1, 0.15) is 20.7 Å². The van der Waals surface area contributed by atoms with Gasteiger partial charge in [-0.25, -0.2) is 0 Å². The molecule has 2 amide bonds. The molecular weight excluding hydrogens is 323 g/mol. The Morgan fingerprint density at radius 1 is 0.864 bits per heavy atom. The van der Waals surface area contributed by atoms with Crippen LogP contribution in [0.15, 0.2) is 36.4 Å². The molecule has 9 heteroatoms. The van der Waals surface area contributed by atoms with Crippen molar-refractivity contribution in [1.82, 2.24) is 4.31 Å². The third-order valence-electron chi connectivity index (χ3n) is 3.25. The number of fused-ring (bicyclic) bond motifs is 2.